The normalized spacial score (nSPS) is 12.3. The molecule has 0 saturated carbocycles. The molecular formula is C18H20N4O4S. The van der Waals surface area contributed by atoms with Crippen molar-refractivity contribution in [2.75, 3.05) is 5.73 Å². The molecule has 0 aliphatic carbocycles. The first-order chi connectivity index (χ1) is 12.5. The number of aromatic nitrogens is 3. The van der Waals surface area contributed by atoms with E-state index in [0.29, 0.717) is 0 Å². The largest absolute Gasteiger partial charge is 0.456 e. The van der Waals surface area contributed by atoms with Gasteiger partial charge in [-0.05, 0) is 45.9 Å². The van der Waals surface area contributed by atoms with Crippen LogP contribution in [-0.2, 0) is 14.6 Å². The SMILES string of the molecule is Cc1ccc(S(=O)(=O)c2ccn3nc(N)c(C(=O)OC(C)(C)C)c3n2)cc1. The summed E-state index contributed by atoms with van der Waals surface area (Å²) in [7, 11) is -3.86. The molecular weight excluding hydrogens is 368 g/mol. The molecule has 0 aliphatic heterocycles. The highest BCUT2D eigenvalue weighted by Gasteiger charge is 2.27. The van der Waals surface area contributed by atoms with Gasteiger partial charge in [-0.2, -0.15) is 0 Å². The molecule has 0 aliphatic rings. The lowest BCUT2D eigenvalue weighted by Gasteiger charge is -2.19. The van der Waals surface area contributed by atoms with Crippen LogP contribution >= 0.6 is 0 Å². The molecule has 0 radical (unpaired) electrons. The minimum absolute atomic E-state index is 0.0231. The predicted octanol–water partition coefficient (Wildman–Crippen LogP) is 2.41. The number of aryl methyl sites for hydroxylation is 1. The van der Waals surface area contributed by atoms with Gasteiger partial charge in [0.05, 0.1) is 4.90 Å². The Morgan fingerprint density at radius 3 is 2.37 bits per heavy atom. The number of carbonyl (C=O) groups is 1. The van der Waals surface area contributed by atoms with E-state index in [0.717, 1.165) is 5.56 Å². The molecule has 8 nitrogen and oxygen atoms in total. The number of fused-ring (bicyclic) bond motifs is 1. The molecule has 2 heterocycles. The van der Waals surface area contributed by atoms with Crippen molar-refractivity contribution < 1.29 is 17.9 Å². The lowest BCUT2D eigenvalue weighted by molar-refractivity contribution is 0.00727. The van der Waals surface area contributed by atoms with Crippen molar-refractivity contribution in [1.82, 2.24) is 14.6 Å². The Labute approximate surface area is 156 Å². The summed E-state index contributed by atoms with van der Waals surface area (Å²) in [6, 6.07) is 7.74. The summed E-state index contributed by atoms with van der Waals surface area (Å²) in [5.41, 5.74) is 5.99. The van der Waals surface area contributed by atoms with Gasteiger partial charge >= 0.3 is 5.97 Å². The summed E-state index contributed by atoms with van der Waals surface area (Å²) in [6.45, 7) is 7.01. The van der Waals surface area contributed by atoms with Crippen molar-refractivity contribution in [2.45, 2.75) is 43.2 Å². The van der Waals surface area contributed by atoms with Gasteiger partial charge in [-0.3, -0.25) is 0 Å². The highest BCUT2D eigenvalue weighted by molar-refractivity contribution is 7.91. The third-order valence-corrected chi connectivity index (χ3v) is 5.37. The van der Waals surface area contributed by atoms with Gasteiger partial charge in [-0.15, -0.1) is 5.10 Å². The molecule has 0 bridgehead atoms. The van der Waals surface area contributed by atoms with Crippen LogP contribution in [0, 0.1) is 6.92 Å². The summed E-state index contributed by atoms with van der Waals surface area (Å²) in [5.74, 6) is -0.797. The maximum Gasteiger partial charge on any atom is 0.346 e. The van der Waals surface area contributed by atoms with E-state index in [1.165, 1.54) is 28.9 Å². The molecule has 1 aromatic carbocycles. The molecule has 3 rings (SSSR count). The molecule has 0 unspecified atom stereocenters. The van der Waals surface area contributed by atoms with E-state index in [1.54, 1.807) is 32.9 Å². The van der Waals surface area contributed by atoms with E-state index in [-0.39, 0.29) is 26.9 Å². The number of hydrogen-bond donors (Lipinski definition) is 1. The number of nitrogens with two attached hydrogens (primary N) is 1. The van der Waals surface area contributed by atoms with Gasteiger partial charge in [-0.25, -0.2) is 22.7 Å². The molecule has 0 atom stereocenters. The van der Waals surface area contributed by atoms with E-state index in [1.807, 2.05) is 6.92 Å². The minimum Gasteiger partial charge on any atom is -0.456 e. The van der Waals surface area contributed by atoms with Gasteiger partial charge in [-0.1, -0.05) is 17.7 Å². The highest BCUT2D eigenvalue weighted by atomic mass is 32.2. The highest BCUT2D eigenvalue weighted by Crippen LogP contribution is 2.24. The van der Waals surface area contributed by atoms with Gasteiger partial charge in [0.2, 0.25) is 9.84 Å². The summed E-state index contributed by atoms with van der Waals surface area (Å²) in [6.07, 6.45) is 1.40. The van der Waals surface area contributed by atoms with Crippen LogP contribution in [0.3, 0.4) is 0 Å². The zero-order chi connectivity index (χ0) is 20.0. The zero-order valence-corrected chi connectivity index (χ0v) is 16.2. The van der Waals surface area contributed by atoms with Crippen LogP contribution in [0.4, 0.5) is 5.82 Å². The fraction of sp³-hybridized carbons (Fsp3) is 0.278. The molecule has 0 amide bonds. The molecule has 2 aromatic heterocycles. The first-order valence-corrected chi connectivity index (χ1v) is 9.67. The van der Waals surface area contributed by atoms with Gasteiger partial charge in [0, 0.05) is 6.20 Å². The molecule has 27 heavy (non-hydrogen) atoms. The summed E-state index contributed by atoms with van der Waals surface area (Å²) in [4.78, 5) is 16.7. The number of benzene rings is 1. The Morgan fingerprint density at radius 2 is 1.78 bits per heavy atom. The van der Waals surface area contributed by atoms with Crippen molar-refractivity contribution in [2.24, 2.45) is 0 Å². The van der Waals surface area contributed by atoms with Crippen LogP contribution in [-0.4, -0.2) is 34.6 Å². The van der Waals surface area contributed by atoms with E-state index in [4.69, 9.17) is 10.5 Å². The molecule has 0 saturated heterocycles. The lowest BCUT2D eigenvalue weighted by Crippen LogP contribution is -2.24. The fourth-order valence-corrected chi connectivity index (χ4v) is 3.62. The number of nitrogen functional groups attached to an aromatic ring is 1. The quantitative estimate of drug-likeness (QED) is 0.541. The van der Waals surface area contributed by atoms with Gasteiger partial charge < -0.3 is 10.5 Å². The van der Waals surface area contributed by atoms with Crippen LogP contribution in [0.15, 0.2) is 46.5 Å². The first kappa shape index (κ1) is 18.8. The standard InChI is InChI=1S/C18H20N4O4S/c1-11-5-7-12(8-6-11)27(24,25)13-9-10-22-16(20-13)14(15(19)21-22)17(23)26-18(2,3)4/h5-10H,1-4H3,(H2,19,21). The number of nitrogens with zero attached hydrogens (tertiary/aromatic N) is 3. The van der Waals surface area contributed by atoms with E-state index >= 15 is 0 Å². The van der Waals surface area contributed by atoms with Crippen molar-refractivity contribution in [3.63, 3.8) is 0 Å². The second kappa shape index (κ2) is 6.34. The summed E-state index contributed by atoms with van der Waals surface area (Å²) < 4.78 is 32.3. The van der Waals surface area contributed by atoms with Crippen LogP contribution in [0.2, 0.25) is 0 Å². The Morgan fingerprint density at radius 1 is 1.15 bits per heavy atom. The van der Waals surface area contributed by atoms with E-state index < -0.39 is 21.4 Å². The number of carbonyl (C=O) groups excluding carboxylic acids is 1. The molecule has 9 heteroatoms. The van der Waals surface area contributed by atoms with Crippen molar-refractivity contribution in [3.05, 3.63) is 47.7 Å². The van der Waals surface area contributed by atoms with Crippen LogP contribution in [0.5, 0.6) is 0 Å². The van der Waals surface area contributed by atoms with Gasteiger partial charge in [0.25, 0.3) is 0 Å². The Kier molecular flexibility index (Phi) is 4.43. The van der Waals surface area contributed by atoms with E-state index in [2.05, 4.69) is 10.1 Å². The molecule has 2 N–H and O–H groups in total. The molecule has 142 valence electrons. The summed E-state index contributed by atoms with van der Waals surface area (Å²) >= 11 is 0. The van der Waals surface area contributed by atoms with Crippen LogP contribution < -0.4 is 5.73 Å². The number of ether oxygens (including phenoxy) is 1. The fourth-order valence-electron chi connectivity index (χ4n) is 2.44. The number of sulfone groups is 1. The van der Waals surface area contributed by atoms with Crippen molar-refractivity contribution in [3.8, 4) is 0 Å². The van der Waals surface area contributed by atoms with Crippen molar-refractivity contribution >= 4 is 27.3 Å². The first-order valence-electron chi connectivity index (χ1n) is 8.19. The average molecular weight is 388 g/mol. The van der Waals surface area contributed by atoms with Crippen LogP contribution in [0.1, 0.15) is 36.7 Å². The Balaban J connectivity index is 2.13. The average Bonchev–Trinajstić information content (AvgIpc) is 2.88. The number of esters is 1. The number of rotatable bonds is 3. The van der Waals surface area contributed by atoms with Crippen LogP contribution in [0.25, 0.3) is 5.65 Å². The maximum absolute atomic E-state index is 12.9. The lowest BCUT2D eigenvalue weighted by atomic mass is 10.2. The third-order valence-electron chi connectivity index (χ3n) is 3.70. The monoisotopic (exact) mass is 388 g/mol. The maximum atomic E-state index is 12.9. The zero-order valence-electron chi connectivity index (χ0n) is 15.4. The molecule has 0 fully saturated rings. The third kappa shape index (κ3) is 3.63. The minimum atomic E-state index is -3.86. The number of hydrogen-bond acceptors (Lipinski definition) is 7. The Bertz CT molecular complexity index is 1130. The van der Waals surface area contributed by atoms with Crippen molar-refractivity contribution in [1.29, 1.82) is 0 Å². The predicted molar refractivity (Wildman–Crippen MR) is 99.2 cm³/mol. The Hall–Kier alpha value is -2.94. The molecule has 3 aromatic rings. The molecule has 0 spiro atoms. The van der Waals surface area contributed by atoms with E-state index in [9.17, 15) is 13.2 Å². The second-order valence-corrected chi connectivity index (χ2v) is 9.01. The van der Waals surface area contributed by atoms with Gasteiger partial charge in [0.1, 0.15) is 11.2 Å². The van der Waals surface area contributed by atoms with Gasteiger partial charge in [0.15, 0.2) is 16.5 Å². The second-order valence-electron chi connectivity index (χ2n) is 7.11. The number of anilines is 1. The summed E-state index contributed by atoms with van der Waals surface area (Å²) in [5, 5.41) is 3.80. The smallest absolute Gasteiger partial charge is 0.346 e. The topological polar surface area (TPSA) is 117 Å².